The van der Waals surface area contributed by atoms with Gasteiger partial charge in [0.25, 0.3) is 0 Å². The van der Waals surface area contributed by atoms with Gasteiger partial charge in [-0.15, -0.1) is 11.6 Å². The first kappa shape index (κ1) is 17.1. The summed E-state index contributed by atoms with van der Waals surface area (Å²) in [6.45, 7) is 6.98. The van der Waals surface area contributed by atoms with E-state index in [2.05, 4.69) is 26.8 Å². The van der Waals surface area contributed by atoms with Crippen LogP contribution in [-0.4, -0.2) is 5.38 Å². The van der Waals surface area contributed by atoms with Gasteiger partial charge in [0.2, 0.25) is 0 Å². The Balaban J connectivity index is 2.06. The third kappa shape index (κ3) is 8.02. The van der Waals surface area contributed by atoms with Gasteiger partial charge in [0.1, 0.15) is 0 Å². The predicted molar refractivity (Wildman–Crippen MR) is 88.0 cm³/mol. The van der Waals surface area contributed by atoms with Crippen molar-refractivity contribution in [2.45, 2.75) is 96.8 Å². The third-order valence-electron chi connectivity index (χ3n) is 4.22. The lowest BCUT2D eigenvalue weighted by atomic mass is 9.76. The van der Waals surface area contributed by atoms with Crippen molar-refractivity contribution in [2.24, 2.45) is 5.41 Å². The summed E-state index contributed by atoms with van der Waals surface area (Å²) in [5.41, 5.74) is 2.03. The van der Waals surface area contributed by atoms with Crippen molar-refractivity contribution in [1.29, 1.82) is 0 Å². The SMILES string of the molecule is CCCCCCCCCCC1=CC(Cl)CC(C)(C)C1. The second kappa shape index (κ2) is 9.06. The van der Waals surface area contributed by atoms with Gasteiger partial charge in [0.05, 0.1) is 5.38 Å². The van der Waals surface area contributed by atoms with Crippen LogP contribution in [0.15, 0.2) is 11.6 Å². The zero-order valence-corrected chi connectivity index (χ0v) is 14.1. The van der Waals surface area contributed by atoms with Crippen LogP contribution in [0.5, 0.6) is 0 Å². The van der Waals surface area contributed by atoms with Crippen LogP contribution in [0.4, 0.5) is 0 Å². The van der Waals surface area contributed by atoms with Crippen LogP contribution in [0.3, 0.4) is 0 Å². The number of hydrogen-bond donors (Lipinski definition) is 0. The molecule has 0 bridgehead atoms. The molecule has 0 aromatic carbocycles. The predicted octanol–water partition coefficient (Wildman–Crippen LogP) is 6.87. The Labute approximate surface area is 126 Å². The highest BCUT2D eigenvalue weighted by atomic mass is 35.5. The smallest absolute Gasteiger partial charge is 0.0523 e. The molecule has 0 spiro atoms. The number of hydrogen-bond acceptors (Lipinski definition) is 0. The molecule has 1 rings (SSSR count). The Hall–Kier alpha value is 0.0300. The van der Waals surface area contributed by atoms with Crippen LogP contribution in [0, 0.1) is 5.41 Å². The topological polar surface area (TPSA) is 0 Å². The summed E-state index contributed by atoms with van der Waals surface area (Å²) in [7, 11) is 0. The lowest BCUT2D eigenvalue weighted by molar-refractivity contribution is 0.317. The van der Waals surface area contributed by atoms with E-state index in [9.17, 15) is 0 Å². The Bertz CT molecular complexity index is 265. The van der Waals surface area contributed by atoms with Crippen molar-refractivity contribution in [3.63, 3.8) is 0 Å². The second-order valence-corrected chi connectivity index (χ2v) is 7.67. The molecule has 1 atom stereocenters. The summed E-state index contributed by atoms with van der Waals surface area (Å²) in [5.74, 6) is 0. The monoisotopic (exact) mass is 284 g/mol. The summed E-state index contributed by atoms with van der Waals surface area (Å²) >= 11 is 6.33. The highest BCUT2D eigenvalue weighted by molar-refractivity contribution is 6.21. The van der Waals surface area contributed by atoms with Gasteiger partial charge in [-0.05, 0) is 31.1 Å². The van der Waals surface area contributed by atoms with Gasteiger partial charge in [-0.25, -0.2) is 0 Å². The van der Waals surface area contributed by atoms with Crippen LogP contribution in [0.25, 0.3) is 0 Å². The first-order chi connectivity index (χ1) is 9.03. The fourth-order valence-electron chi connectivity index (χ4n) is 3.25. The fourth-order valence-corrected chi connectivity index (χ4v) is 3.84. The molecule has 0 amide bonds. The molecule has 0 aromatic heterocycles. The van der Waals surface area contributed by atoms with Crippen molar-refractivity contribution >= 4 is 11.6 Å². The molecule has 1 heteroatoms. The number of alkyl halides is 1. The second-order valence-electron chi connectivity index (χ2n) is 7.11. The normalized spacial score (nSPS) is 22.3. The maximum Gasteiger partial charge on any atom is 0.0523 e. The number of halogens is 1. The standard InChI is InChI=1S/C18H33Cl/c1-4-5-6-7-8-9-10-11-12-16-13-17(19)15-18(2,3)14-16/h13,17H,4-12,14-15H2,1-3H3. The van der Waals surface area contributed by atoms with E-state index in [-0.39, 0.29) is 5.38 Å². The van der Waals surface area contributed by atoms with E-state index in [0.717, 1.165) is 6.42 Å². The molecular formula is C18H33Cl. The van der Waals surface area contributed by atoms with Crippen LogP contribution in [-0.2, 0) is 0 Å². The Morgan fingerprint density at radius 1 is 1.05 bits per heavy atom. The molecule has 0 N–H and O–H groups in total. The fraction of sp³-hybridized carbons (Fsp3) is 0.889. The number of allylic oxidation sites excluding steroid dienone is 2. The summed E-state index contributed by atoms with van der Waals surface area (Å²) in [6.07, 6.45) is 17.3. The largest absolute Gasteiger partial charge is 0.118 e. The third-order valence-corrected chi connectivity index (χ3v) is 4.50. The summed E-state index contributed by atoms with van der Waals surface area (Å²) < 4.78 is 0. The van der Waals surface area contributed by atoms with Crippen LogP contribution >= 0.6 is 11.6 Å². The molecule has 0 fully saturated rings. The van der Waals surface area contributed by atoms with Crippen LogP contribution < -0.4 is 0 Å². The van der Waals surface area contributed by atoms with Gasteiger partial charge in [-0.1, -0.05) is 77.4 Å². The summed E-state index contributed by atoms with van der Waals surface area (Å²) in [6, 6.07) is 0. The lowest BCUT2D eigenvalue weighted by Gasteiger charge is -2.32. The average Bonchev–Trinajstić information content (AvgIpc) is 2.30. The first-order valence-electron chi connectivity index (χ1n) is 8.37. The molecule has 112 valence electrons. The molecule has 0 radical (unpaired) electrons. The van der Waals surface area contributed by atoms with Crippen LogP contribution in [0.1, 0.15) is 91.4 Å². The van der Waals surface area contributed by atoms with E-state index in [0.29, 0.717) is 5.41 Å². The van der Waals surface area contributed by atoms with Gasteiger partial charge in [0, 0.05) is 0 Å². The van der Waals surface area contributed by atoms with Gasteiger partial charge in [0.15, 0.2) is 0 Å². The lowest BCUT2D eigenvalue weighted by Crippen LogP contribution is -2.22. The highest BCUT2D eigenvalue weighted by Crippen LogP contribution is 2.38. The van der Waals surface area contributed by atoms with E-state index in [1.54, 1.807) is 5.57 Å². The van der Waals surface area contributed by atoms with Crippen molar-refractivity contribution < 1.29 is 0 Å². The molecule has 0 saturated heterocycles. The van der Waals surface area contributed by atoms with E-state index in [4.69, 9.17) is 11.6 Å². The van der Waals surface area contributed by atoms with Gasteiger partial charge < -0.3 is 0 Å². The quantitative estimate of drug-likeness (QED) is 0.246. The van der Waals surface area contributed by atoms with Crippen LogP contribution in [0.2, 0.25) is 0 Å². The maximum atomic E-state index is 6.33. The highest BCUT2D eigenvalue weighted by Gasteiger charge is 2.27. The van der Waals surface area contributed by atoms with Crippen molar-refractivity contribution in [2.75, 3.05) is 0 Å². The molecular weight excluding hydrogens is 252 g/mol. The molecule has 1 unspecified atom stereocenters. The molecule has 19 heavy (non-hydrogen) atoms. The maximum absolute atomic E-state index is 6.33. The summed E-state index contributed by atoms with van der Waals surface area (Å²) in [4.78, 5) is 0. The molecule has 0 nitrogen and oxygen atoms in total. The Morgan fingerprint density at radius 3 is 2.21 bits per heavy atom. The molecule has 0 aliphatic heterocycles. The molecule has 1 aliphatic carbocycles. The average molecular weight is 285 g/mol. The van der Waals surface area contributed by atoms with Crippen molar-refractivity contribution in [3.05, 3.63) is 11.6 Å². The van der Waals surface area contributed by atoms with Crippen molar-refractivity contribution in [3.8, 4) is 0 Å². The Morgan fingerprint density at radius 2 is 1.63 bits per heavy atom. The molecule has 0 saturated carbocycles. The van der Waals surface area contributed by atoms with Gasteiger partial charge >= 0.3 is 0 Å². The van der Waals surface area contributed by atoms with Gasteiger partial charge in [-0.3, -0.25) is 0 Å². The molecule has 1 aliphatic rings. The zero-order chi connectivity index (χ0) is 14.1. The zero-order valence-electron chi connectivity index (χ0n) is 13.3. The minimum atomic E-state index is 0.271. The van der Waals surface area contributed by atoms with Crippen molar-refractivity contribution in [1.82, 2.24) is 0 Å². The van der Waals surface area contributed by atoms with E-state index < -0.39 is 0 Å². The van der Waals surface area contributed by atoms with E-state index in [1.807, 2.05) is 0 Å². The van der Waals surface area contributed by atoms with E-state index >= 15 is 0 Å². The molecule has 0 heterocycles. The number of rotatable bonds is 9. The summed E-state index contributed by atoms with van der Waals surface area (Å²) in [5, 5.41) is 0.271. The Kier molecular flexibility index (Phi) is 8.14. The minimum absolute atomic E-state index is 0.271. The molecule has 0 aromatic rings. The number of unbranched alkanes of at least 4 members (excludes halogenated alkanes) is 7. The van der Waals surface area contributed by atoms with Gasteiger partial charge in [-0.2, -0.15) is 0 Å². The minimum Gasteiger partial charge on any atom is -0.118 e. The van der Waals surface area contributed by atoms with E-state index in [1.165, 1.54) is 64.2 Å². The first-order valence-corrected chi connectivity index (χ1v) is 8.81.